The van der Waals surface area contributed by atoms with Crippen LogP contribution in [-0.4, -0.2) is 33.7 Å². The number of hydrogen-bond donors (Lipinski definition) is 1. The third-order valence-electron chi connectivity index (χ3n) is 4.97. The fourth-order valence-electron chi connectivity index (χ4n) is 3.47. The molecule has 2 atom stereocenters. The molecule has 0 bridgehead atoms. The highest BCUT2D eigenvalue weighted by Gasteiger charge is 2.34. The predicted molar refractivity (Wildman–Crippen MR) is 117 cm³/mol. The number of aryl methyl sites for hydroxylation is 1. The van der Waals surface area contributed by atoms with Gasteiger partial charge in [-0.2, -0.15) is 0 Å². The number of anilines is 1. The first-order chi connectivity index (χ1) is 14.1. The summed E-state index contributed by atoms with van der Waals surface area (Å²) in [6, 6.07) is 9.77. The Morgan fingerprint density at radius 3 is 2.33 bits per heavy atom. The summed E-state index contributed by atoms with van der Waals surface area (Å²) in [4.78, 5) is 13.1. The van der Waals surface area contributed by atoms with E-state index in [0.717, 1.165) is 27.4 Å². The molecule has 2 unspecified atom stereocenters. The Balaban J connectivity index is 2.37. The van der Waals surface area contributed by atoms with Crippen molar-refractivity contribution in [3.8, 4) is 5.75 Å². The van der Waals surface area contributed by atoms with E-state index in [1.165, 1.54) is 24.3 Å². The average Bonchev–Trinajstić information content (AvgIpc) is 2.69. The van der Waals surface area contributed by atoms with Gasteiger partial charge in [0.2, 0.25) is 15.9 Å². The lowest BCUT2D eigenvalue weighted by Gasteiger charge is -2.31. The number of ether oxygens (including phenoxy) is 1. The van der Waals surface area contributed by atoms with Crippen molar-refractivity contribution in [2.24, 2.45) is 0 Å². The molecule has 0 aromatic heterocycles. The van der Waals surface area contributed by atoms with Gasteiger partial charge in [-0.25, -0.2) is 12.8 Å². The number of nitrogens with zero attached hydrogens (tertiary/aromatic N) is 1. The Labute approximate surface area is 178 Å². The number of hydrogen-bond acceptors (Lipinski definition) is 4. The molecule has 6 nitrogen and oxygen atoms in total. The van der Waals surface area contributed by atoms with E-state index in [1.807, 2.05) is 32.0 Å². The van der Waals surface area contributed by atoms with Crippen molar-refractivity contribution in [2.45, 2.75) is 45.7 Å². The highest BCUT2D eigenvalue weighted by molar-refractivity contribution is 7.92. The van der Waals surface area contributed by atoms with Gasteiger partial charge in [0.25, 0.3) is 0 Å². The smallest absolute Gasteiger partial charge is 0.244 e. The highest BCUT2D eigenvalue weighted by atomic mass is 32.2. The Morgan fingerprint density at radius 2 is 1.83 bits per heavy atom. The number of carbonyl (C=O) groups excluding carboxylic acids is 1. The summed E-state index contributed by atoms with van der Waals surface area (Å²) in [6.07, 6.45) is 1.76. The number of halogens is 1. The van der Waals surface area contributed by atoms with Gasteiger partial charge in [-0.15, -0.1) is 0 Å². The lowest BCUT2D eigenvalue weighted by atomic mass is 10.0. The molecule has 30 heavy (non-hydrogen) atoms. The summed E-state index contributed by atoms with van der Waals surface area (Å²) < 4.78 is 45.5. The van der Waals surface area contributed by atoms with E-state index in [0.29, 0.717) is 6.42 Å². The third-order valence-corrected chi connectivity index (χ3v) is 6.13. The van der Waals surface area contributed by atoms with Crippen molar-refractivity contribution < 1.29 is 22.3 Å². The maximum Gasteiger partial charge on any atom is 0.244 e. The molecule has 2 aromatic rings. The SMILES string of the molecule is CCC(NC(=O)C(CC)N(c1ccccc1F)S(C)(=O)=O)c1ccc(OC)c(C)c1. The van der Waals surface area contributed by atoms with E-state index in [-0.39, 0.29) is 18.2 Å². The van der Waals surface area contributed by atoms with E-state index in [1.54, 1.807) is 14.0 Å². The van der Waals surface area contributed by atoms with Crippen molar-refractivity contribution in [1.82, 2.24) is 5.32 Å². The maximum atomic E-state index is 14.4. The summed E-state index contributed by atoms with van der Waals surface area (Å²) in [5.41, 5.74) is 1.67. The van der Waals surface area contributed by atoms with Gasteiger partial charge >= 0.3 is 0 Å². The number of amides is 1. The molecule has 0 heterocycles. The van der Waals surface area contributed by atoms with Crippen molar-refractivity contribution in [1.29, 1.82) is 0 Å². The molecule has 164 valence electrons. The Hall–Kier alpha value is -2.61. The number of methoxy groups -OCH3 is 1. The van der Waals surface area contributed by atoms with Crippen LogP contribution in [0.3, 0.4) is 0 Å². The van der Waals surface area contributed by atoms with Crippen LogP contribution in [0.1, 0.15) is 43.9 Å². The van der Waals surface area contributed by atoms with Crippen molar-refractivity contribution in [3.05, 3.63) is 59.4 Å². The zero-order valence-electron chi connectivity index (χ0n) is 18.0. The largest absolute Gasteiger partial charge is 0.496 e. The van der Waals surface area contributed by atoms with E-state index in [9.17, 15) is 17.6 Å². The lowest BCUT2D eigenvalue weighted by molar-refractivity contribution is -0.123. The monoisotopic (exact) mass is 436 g/mol. The molecule has 2 aromatic carbocycles. The lowest BCUT2D eigenvalue weighted by Crippen LogP contribution is -2.50. The standard InChI is InChI=1S/C22H29FN2O4S/c1-6-18(16-12-13-21(29-4)15(3)14-16)24-22(26)19(7-2)25(30(5,27)28)20-11-9-8-10-17(20)23/h8-14,18-19H,6-7H2,1-5H3,(H,24,26). The Morgan fingerprint density at radius 1 is 1.17 bits per heavy atom. The second-order valence-electron chi connectivity index (χ2n) is 7.13. The molecular weight excluding hydrogens is 407 g/mol. The number of benzene rings is 2. The molecule has 0 saturated heterocycles. The summed E-state index contributed by atoms with van der Waals surface area (Å²) in [5, 5.41) is 2.93. The van der Waals surface area contributed by atoms with Crippen molar-refractivity contribution in [3.63, 3.8) is 0 Å². The van der Waals surface area contributed by atoms with Crippen LogP contribution in [0.5, 0.6) is 5.75 Å². The van der Waals surface area contributed by atoms with Gasteiger partial charge in [-0.3, -0.25) is 9.10 Å². The minimum atomic E-state index is -3.90. The quantitative estimate of drug-likeness (QED) is 0.646. The maximum absolute atomic E-state index is 14.4. The van der Waals surface area contributed by atoms with Crippen LogP contribution in [0.2, 0.25) is 0 Å². The van der Waals surface area contributed by atoms with Gasteiger partial charge < -0.3 is 10.1 Å². The third kappa shape index (κ3) is 5.30. The van der Waals surface area contributed by atoms with E-state index in [2.05, 4.69) is 5.32 Å². The first kappa shape index (κ1) is 23.7. The van der Waals surface area contributed by atoms with Crippen LogP contribution < -0.4 is 14.4 Å². The van der Waals surface area contributed by atoms with Crippen LogP contribution in [0.4, 0.5) is 10.1 Å². The number of carbonyl (C=O) groups is 1. The molecule has 0 aliphatic rings. The van der Waals surface area contributed by atoms with Crippen LogP contribution in [-0.2, 0) is 14.8 Å². The number of para-hydroxylation sites is 1. The van der Waals surface area contributed by atoms with Gasteiger partial charge in [0.1, 0.15) is 17.6 Å². The number of sulfonamides is 1. The molecule has 1 N–H and O–H groups in total. The van der Waals surface area contributed by atoms with Crippen LogP contribution in [0, 0.1) is 12.7 Å². The minimum Gasteiger partial charge on any atom is -0.496 e. The van der Waals surface area contributed by atoms with Crippen molar-refractivity contribution in [2.75, 3.05) is 17.7 Å². The van der Waals surface area contributed by atoms with E-state index < -0.39 is 27.8 Å². The zero-order chi connectivity index (χ0) is 22.5. The Kier molecular flexibility index (Phi) is 7.83. The second kappa shape index (κ2) is 9.93. The molecule has 0 aliphatic carbocycles. The molecule has 2 rings (SSSR count). The van der Waals surface area contributed by atoms with Crippen LogP contribution >= 0.6 is 0 Å². The predicted octanol–water partition coefficient (Wildman–Crippen LogP) is 3.95. The first-order valence-electron chi connectivity index (χ1n) is 9.82. The second-order valence-corrected chi connectivity index (χ2v) is 8.99. The summed E-state index contributed by atoms with van der Waals surface area (Å²) in [6.45, 7) is 5.54. The summed E-state index contributed by atoms with van der Waals surface area (Å²) >= 11 is 0. The molecule has 0 aliphatic heterocycles. The fourth-order valence-corrected chi connectivity index (χ4v) is 4.69. The van der Waals surface area contributed by atoms with Gasteiger partial charge in [0.05, 0.1) is 25.1 Å². The zero-order valence-corrected chi connectivity index (χ0v) is 18.8. The van der Waals surface area contributed by atoms with Gasteiger partial charge in [0, 0.05) is 0 Å². The topological polar surface area (TPSA) is 75.7 Å². The normalized spacial score (nSPS) is 13.4. The number of rotatable bonds is 9. The number of nitrogens with one attached hydrogen (secondary N) is 1. The Bertz CT molecular complexity index is 994. The molecule has 8 heteroatoms. The molecule has 1 amide bonds. The van der Waals surface area contributed by atoms with Crippen molar-refractivity contribution >= 4 is 21.6 Å². The first-order valence-corrected chi connectivity index (χ1v) is 11.7. The molecule has 0 fully saturated rings. The fraction of sp³-hybridized carbons (Fsp3) is 0.409. The van der Waals surface area contributed by atoms with Gasteiger partial charge in [-0.05, 0) is 49.1 Å². The van der Waals surface area contributed by atoms with Gasteiger partial charge in [-0.1, -0.05) is 38.1 Å². The summed E-state index contributed by atoms with van der Waals surface area (Å²) in [7, 11) is -2.31. The molecular formula is C22H29FN2O4S. The van der Waals surface area contributed by atoms with Gasteiger partial charge in [0.15, 0.2) is 0 Å². The van der Waals surface area contributed by atoms with E-state index >= 15 is 0 Å². The molecule has 0 radical (unpaired) electrons. The summed E-state index contributed by atoms with van der Waals surface area (Å²) in [5.74, 6) is -0.437. The van der Waals surface area contributed by atoms with Crippen LogP contribution in [0.25, 0.3) is 0 Å². The molecule has 0 spiro atoms. The average molecular weight is 437 g/mol. The van der Waals surface area contributed by atoms with E-state index in [4.69, 9.17) is 4.74 Å². The highest BCUT2D eigenvalue weighted by Crippen LogP contribution is 2.27. The van der Waals surface area contributed by atoms with Crippen LogP contribution in [0.15, 0.2) is 42.5 Å². The minimum absolute atomic E-state index is 0.143. The molecule has 0 saturated carbocycles.